The van der Waals surface area contributed by atoms with Crippen LogP contribution in [0.2, 0.25) is 0 Å². The van der Waals surface area contributed by atoms with Crippen LogP contribution >= 0.6 is 0 Å². The highest BCUT2D eigenvalue weighted by atomic mass is 16.5. The van der Waals surface area contributed by atoms with Gasteiger partial charge in [-0.3, -0.25) is 4.79 Å². The van der Waals surface area contributed by atoms with Crippen LogP contribution in [0.25, 0.3) is 0 Å². The summed E-state index contributed by atoms with van der Waals surface area (Å²) in [4.78, 5) is 10.8. The molecule has 0 aliphatic heterocycles. The number of benzene rings is 1. The Morgan fingerprint density at radius 1 is 1.42 bits per heavy atom. The molecule has 0 radical (unpaired) electrons. The molecule has 0 fully saturated rings. The molecule has 0 aliphatic carbocycles. The maximum absolute atomic E-state index is 10.8. The molecular formula is C15H23NO3. The molecule has 0 saturated heterocycles. The molecule has 4 nitrogen and oxygen atoms in total. The molecule has 0 atom stereocenters. The minimum atomic E-state index is -0.777. The number of carbonyl (C=O) groups is 1. The fraction of sp³-hybridized carbons (Fsp3) is 0.533. The number of carboxylic acid groups (broad SMARTS) is 1. The second-order valence-electron chi connectivity index (χ2n) is 5.48. The average Bonchev–Trinajstić information content (AvgIpc) is 2.34. The predicted octanol–water partition coefficient (Wildman–Crippen LogP) is 3.17. The van der Waals surface area contributed by atoms with Crippen molar-refractivity contribution < 1.29 is 14.6 Å². The van der Waals surface area contributed by atoms with Gasteiger partial charge in [0, 0.05) is 6.54 Å². The molecule has 0 aliphatic rings. The Kier molecular flexibility index (Phi) is 5.21. The van der Waals surface area contributed by atoms with E-state index in [0.29, 0.717) is 6.54 Å². The van der Waals surface area contributed by atoms with Crippen LogP contribution in [-0.4, -0.2) is 24.7 Å². The Hall–Kier alpha value is -1.71. The van der Waals surface area contributed by atoms with Gasteiger partial charge in [0.15, 0.2) is 0 Å². The van der Waals surface area contributed by atoms with Gasteiger partial charge in [0.25, 0.3) is 0 Å². The molecule has 4 heteroatoms. The van der Waals surface area contributed by atoms with E-state index in [9.17, 15) is 4.79 Å². The smallest absolute Gasteiger partial charge is 0.303 e. The number of ether oxygens (including phenoxy) is 1. The Labute approximate surface area is 114 Å². The lowest BCUT2D eigenvalue weighted by Crippen LogP contribution is -2.26. The van der Waals surface area contributed by atoms with E-state index in [1.54, 1.807) is 7.11 Å². The number of aryl methyl sites for hydroxylation is 1. The maximum Gasteiger partial charge on any atom is 0.303 e. The number of hydrogen-bond acceptors (Lipinski definition) is 3. The van der Waals surface area contributed by atoms with Crippen LogP contribution in [0, 0.1) is 5.41 Å². The minimum absolute atomic E-state index is 0.135. The van der Waals surface area contributed by atoms with Gasteiger partial charge in [-0.2, -0.15) is 0 Å². The fourth-order valence-electron chi connectivity index (χ4n) is 1.92. The summed E-state index contributed by atoms with van der Waals surface area (Å²) >= 11 is 0. The van der Waals surface area contributed by atoms with Crippen LogP contribution in [0.1, 0.15) is 32.8 Å². The van der Waals surface area contributed by atoms with Crippen molar-refractivity contribution in [3.63, 3.8) is 0 Å². The van der Waals surface area contributed by atoms with Crippen molar-refractivity contribution in [1.29, 1.82) is 0 Å². The highest BCUT2D eigenvalue weighted by Gasteiger charge is 2.22. The monoisotopic (exact) mass is 265 g/mol. The first-order chi connectivity index (χ1) is 8.88. The Bertz CT molecular complexity index is 441. The van der Waals surface area contributed by atoms with Crippen molar-refractivity contribution in [3.8, 4) is 5.75 Å². The number of rotatable bonds is 7. The predicted molar refractivity (Wildman–Crippen MR) is 76.9 cm³/mol. The summed E-state index contributed by atoms with van der Waals surface area (Å²) in [5, 5.41) is 12.2. The van der Waals surface area contributed by atoms with Crippen molar-refractivity contribution in [1.82, 2.24) is 0 Å². The third-order valence-corrected chi connectivity index (χ3v) is 3.06. The summed E-state index contributed by atoms with van der Waals surface area (Å²) in [5.41, 5.74) is 1.83. The number of anilines is 1. The van der Waals surface area contributed by atoms with Gasteiger partial charge in [0.05, 0.1) is 19.2 Å². The van der Waals surface area contributed by atoms with E-state index < -0.39 is 5.97 Å². The Balaban J connectivity index is 2.78. The SMILES string of the molecule is CCc1ccc(OC)c(NCC(C)(C)CC(=O)O)c1. The van der Waals surface area contributed by atoms with Gasteiger partial charge in [-0.05, 0) is 29.5 Å². The summed E-state index contributed by atoms with van der Waals surface area (Å²) in [6.07, 6.45) is 1.09. The summed E-state index contributed by atoms with van der Waals surface area (Å²) in [6.45, 7) is 6.55. The average molecular weight is 265 g/mol. The molecule has 0 heterocycles. The van der Waals surface area contributed by atoms with Gasteiger partial charge in [-0.25, -0.2) is 0 Å². The Morgan fingerprint density at radius 3 is 2.63 bits per heavy atom. The van der Waals surface area contributed by atoms with E-state index in [1.807, 2.05) is 26.0 Å². The molecule has 0 unspecified atom stereocenters. The maximum atomic E-state index is 10.8. The quantitative estimate of drug-likeness (QED) is 0.795. The first-order valence-corrected chi connectivity index (χ1v) is 6.50. The van der Waals surface area contributed by atoms with Crippen molar-refractivity contribution in [2.45, 2.75) is 33.6 Å². The van der Waals surface area contributed by atoms with E-state index >= 15 is 0 Å². The molecule has 106 valence electrons. The number of methoxy groups -OCH3 is 1. The van der Waals surface area contributed by atoms with Gasteiger partial charge >= 0.3 is 5.97 Å². The third kappa shape index (κ3) is 4.81. The molecule has 0 spiro atoms. The Morgan fingerprint density at radius 2 is 2.11 bits per heavy atom. The van der Waals surface area contributed by atoms with Crippen molar-refractivity contribution in [3.05, 3.63) is 23.8 Å². The zero-order valence-electron chi connectivity index (χ0n) is 12.1. The first-order valence-electron chi connectivity index (χ1n) is 6.50. The number of nitrogens with one attached hydrogen (secondary N) is 1. The molecule has 0 bridgehead atoms. The fourth-order valence-corrected chi connectivity index (χ4v) is 1.92. The van der Waals surface area contributed by atoms with E-state index in [1.165, 1.54) is 5.56 Å². The molecular weight excluding hydrogens is 242 g/mol. The van der Waals surface area contributed by atoms with Crippen LogP contribution in [0.3, 0.4) is 0 Å². The van der Waals surface area contributed by atoms with Crippen LogP contribution in [0.4, 0.5) is 5.69 Å². The number of aliphatic carboxylic acids is 1. The van der Waals surface area contributed by atoms with E-state index in [4.69, 9.17) is 9.84 Å². The molecule has 1 rings (SSSR count). The van der Waals surface area contributed by atoms with Crippen LogP contribution in [-0.2, 0) is 11.2 Å². The number of carboxylic acids is 1. The van der Waals surface area contributed by atoms with Crippen molar-refractivity contribution in [2.75, 3.05) is 19.0 Å². The normalized spacial score (nSPS) is 11.2. The largest absolute Gasteiger partial charge is 0.495 e. The zero-order valence-corrected chi connectivity index (χ0v) is 12.1. The van der Waals surface area contributed by atoms with Gasteiger partial charge in [-0.1, -0.05) is 26.8 Å². The lowest BCUT2D eigenvalue weighted by Gasteiger charge is -2.24. The molecule has 0 saturated carbocycles. The van der Waals surface area contributed by atoms with Crippen LogP contribution in [0.5, 0.6) is 5.75 Å². The van der Waals surface area contributed by atoms with E-state index in [2.05, 4.69) is 18.3 Å². The van der Waals surface area contributed by atoms with Gasteiger partial charge < -0.3 is 15.2 Å². The topological polar surface area (TPSA) is 58.6 Å². The zero-order chi connectivity index (χ0) is 14.5. The van der Waals surface area contributed by atoms with E-state index in [0.717, 1.165) is 17.9 Å². The number of hydrogen-bond donors (Lipinski definition) is 2. The van der Waals surface area contributed by atoms with Gasteiger partial charge in [0.1, 0.15) is 5.75 Å². The summed E-state index contributed by atoms with van der Waals surface area (Å²) in [5.74, 6) is 0.00407. The molecule has 1 aromatic carbocycles. The lowest BCUT2D eigenvalue weighted by atomic mass is 9.89. The summed E-state index contributed by atoms with van der Waals surface area (Å²) in [6, 6.07) is 6.02. The summed E-state index contributed by atoms with van der Waals surface area (Å²) in [7, 11) is 1.63. The van der Waals surface area contributed by atoms with E-state index in [-0.39, 0.29) is 11.8 Å². The molecule has 19 heavy (non-hydrogen) atoms. The van der Waals surface area contributed by atoms with Gasteiger partial charge in [-0.15, -0.1) is 0 Å². The van der Waals surface area contributed by atoms with Gasteiger partial charge in [0.2, 0.25) is 0 Å². The second-order valence-corrected chi connectivity index (χ2v) is 5.48. The molecule has 1 aromatic rings. The van der Waals surface area contributed by atoms with Crippen LogP contribution in [0.15, 0.2) is 18.2 Å². The van der Waals surface area contributed by atoms with Crippen molar-refractivity contribution in [2.24, 2.45) is 5.41 Å². The van der Waals surface area contributed by atoms with Crippen LogP contribution < -0.4 is 10.1 Å². The highest BCUT2D eigenvalue weighted by Crippen LogP contribution is 2.28. The first kappa shape index (κ1) is 15.3. The van der Waals surface area contributed by atoms with Crippen molar-refractivity contribution >= 4 is 11.7 Å². The minimum Gasteiger partial charge on any atom is -0.495 e. The second kappa shape index (κ2) is 6.45. The summed E-state index contributed by atoms with van der Waals surface area (Å²) < 4.78 is 5.31. The standard InChI is InChI=1S/C15H23NO3/c1-5-11-6-7-13(19-4)12(8-11)16-10-15(2,3)9-14(17)18/h6-8,16H,5,9-10H2,1-4H3,(H,17,18). The molecule has 0 aromatic heterocycles. The molecule has 0 amide bonds. The lowest BCUT2D eigenvalue weighted by molar-refractivity contribution is -0.139. The third-order valence-electron chi connectivity index (χ3n) is 3.06. The molecule has 2 N–H and O–H groups in total. The highest BCUT2D eigenvalue weighted by molar-refractivity contribution is 5.67.